The first-order valence-corrected chi connectivity index (χ1v) is 6.71. The summed E-state index contributed by atoms with van der Waals surface area (Å²) in [5.74, 6) is 0. The van der Waals surface area contributed by atoms with Gasteiger partial charge in [0.25, 0.3) is 0 Å². The zero-order valence-corrected chi connectivity index (χ0v) is 11.4. The predicted octanol–water partition coefficient (Wildman–Crippen LogP) is 3.18. The van der Waals surface area contributed by atoms with Crippen LogP contribution in [0, 0.1) is 0 Å². The Bertz CT molecular complexity index is 659. The molecule has 0 saturated carbocycles. The second kappa shape index (κ2) is 5.72. The van der Waals surface area contributed by atoms with Crippen LogP contribution in [-0.4, -0.2) is 16.8 Å². The highest BCUT2D eigenvalue weighted by molar-refractivity contribution is 5.32. The summed E-state index contributed by atoms with van der Waals surface area (Å²) in [6, 6.07) is 22.7. The number of hydrogen-bond donors (Lipinski definition) is 1. The fraction of sp³-hybridized carbons (Fsp3) is 0.118. The summed E-state index contributed by atoms with van der Waals surface area (Å²) in [4.78, 5) is 0. The Morgan fingerprint density at radius 3 is 2.20 bits per heavy atom. The molecule has 1 atom stereocenters. The molecular formula is C17H17N3. The molecule has 0 saturated heterocycles. The largest absolute Gasteiger partial charge is 0.308 e. The molecule has 1 heterocycles. The molecular weight excluding hydrogens is 246 g/mol. The average Bonchev–Trinajstić information content (AvgIpc) is 3.00. The van der Waals surface area contributed by atoms with Crippen molar-refractivity contribution in [3.8, 4) is 5.69 Å². The van der Waals surface area contributed by atoms with E-state index < -0.39 is 0 Å². The summed E-state index contributed by atoms with van der Waals surface area (Å²) < 4.78 is 1.91. The molecule has 0 aliphatic carbocycles. The summed E-state index contributed by atoms with van der Waals surface area (Å²) in [5, 5.41) is 8.01. The number of rotatable bonds is 4. The molecule has 3 rings (SSSR count). The first-order valence-electron chi connectivity index (χ1n) is 6.71. The second-order valence-corrected chi connectivity index (χ2v) is 4.65. The quantitative estimate of drug-likeness (QED) is 0.783. The van der Waals surface area contributed by atoms with Crippen LogP contribution < -0.4 is 5.32 Å². The van der Waals surface area contributed by atoms with Gasteiger partial charge in [0.1, 0.15) is 0 Å². The summed E-state index contributed by atoms with van der Waals surface area (Å²) in [7, 11) is 1.96. The molecule has 0 amide bonds. The molecule has 0 aliphatic rings. The second-order valence-electron chi connectivity index (χ2n) is 4.65. The minimum Gasteiger partial charge on any atom is -0.308 e. The third-order valence-corrected chi connectivity index (χ3v) is 3.35. The SMILES string of the molecule is CNC(c1ccccc1)c1ccn(-c2ccccc2)n1. The number of para-hydroxylation sites is 1. The normalized spacial score (nSPS) is 12.2. The average molecular weight is 263 g/mol. The van der Waals surface area contributed by atoms with Gasteiger partial charge in [-0.2, -0.15) is 5.10 Å². The number of nitrogens with zero attached hydrogens (tertiary/aromatic N) is 2. The minimum atomic E-state index is 0.112. The number of hydrogen-bond acceptors (Lipinski definition) is 2. The predicted molar refractivity (Wildman–Crippen MR) is 80.9 cm³/mol. The Balaban J connectivity index is 1.93. The van der Waals surface area contributed by atoms with E-state index in [1.807, 2.05) is 66.5 Å². The van der Waals surface area contributed by atoms with Gasteiger partial charge >= 0.3 is 0 Å². The highest BCUT2D eigenvalue weighted by Gasteiger charge is 2.14. The van der Waals surface area contributed by atoms with E-state index in [4.69, 9.17) is 0 Å². The molecule has 3 aromatic rings. The standard InChI is InChI=1S/C17H17N3/c1-18-17(14-8-4-2-5-9-14)16-12-13-20(19-16)15-10-6-3-7-11-15/h2-13,17-18H,1H3. The smallest absolute Gasteiger partial charge is 0.0843 e. The van der Waals surface area contributed by atoms with Crippen molar-refractivity contribution in [3.63, 3.8) is 0 Å². The number of aromatic nitrogens is 2. The minimum absolute atomic E-state index is 0.112. The molecule has 1 N–H and O–H groups in total. The number of benzene rings is 2. The maximum Gasteiger partial charge on any atom is 0.0843 e. The van der Waals surface area contributed by atoms with E-state index in [0.29, 0.717) is 0 Å². The van der Waals surface area contributed by atoms with Gasteiger partial charge in [0.05, 0.1) is 17.4 Å². The van der Waals surface area contributed by atoms with Crippen molar-refractivity contribution in [3.05, 3.63) is 84.2 Å². The van der Waals surface area contributed by atoms with Crippen molar-refractivity contribution < 1.29 is 0 Å². The van der Waals surface area contributed by atoms with Crippen LogP contribution in [0.1, 0.15) is 17.3 Å². The van der Waals surface area contributed by atoms with Gasteiger partial charge in [-0.1, -0.05) is 48.5 Å². The van der Waals surface area contributed by atoms with E-state index in [2.05, 4.69) is 28.6 Å². The summed E-state index contributed by atoms with van der Waals surface area (Å²) in [6.07, 6.45) is 2.00. The Kier molecular flexibility index (Phi) is 3.61. The number of nitrogens with one attached hydrogen (secondary N) is 1. The third kappa shape index (κ3) is 2.49. The van der Waals surface area contributed by atoms with E-state index in [1.54, 1.807) is 0 Å². The highest BCUT2D eigenvalue weighted by Crippen LogP contribution is 2.20. The molecule has 0 aliphatic heterocycles. The van der Waals surface area contributed by atoms with Gasteiger partial charge in [-0.15, -0.1) is 0 Å². The lowest BCUT2D eigenvalue weighted by Gasteiger charge is -2.14. The monoisotopic (exact) mass is 263 g/mol. The summed E-state index contributed by atoms with van der Waals surface area (Å²) in [6.45, 7) is 0. The van der Waals surface area contributed by atoms with E-state index in [0.717, 1.165) is 11.4 Å². The maximum atomic E-state index is 4.68. The lowest BCUT2D eigenvalue weighted by molar-refractivity contribution is 0.657. The Morgan fingerprint density at radius 2 is 1.55 bits per heavy atom. The zero-order valence-electron chi connectivity index (χ0n) is 11.4. The van der Waals surface area contributed by atoms with E-state index >= 15 is 0 Å². The molecule has 0 radical (unpaired) electrons. The van der Waals surface area contributed by atoms with Crippen LogP contribution in [-0.2, 0) is 0 Å². The zero-order chi connectivity index (χ0) is 13.8. The lowest BCUT2D eigenvalue weighted by atomic mass is 10.0. The van der Waals surface area contributed by atoms with Crippen molar-refractivity contribution in [1.29, 1.82) is 0 Å². The van der Waals surface area contributed by atoms with Gasteiger partial charge in [-0.3, -0.25) is 0 Å². The molecule has 1 unspecified atom stereocenters. The van der Waals surface area contributed by atoms with Crippen molar-refractivity contribution in [2.24, 2.45) is 0 Å². The Labute approximate surface area is 118 Å². The molecule has 0 fully saturated rings. The maximum absolute atomic E-state index is 4.68. The van der Waals surface area contributed by atoms with Crippen LogP contribution >= 0.6 is 0 Å². The van der Waals surface area contributed by atoms with Crippen LogP contribution in [0.5, 0.6) is 0 Å². The van der Waals surface area contributed by atoms with Crippen molar-refractivity contribution in [2.45, 2.75) is 6.04 Å². The van der Waals surface area contributed by atoms with Crippen molar-refractivity contribution in [2.75, 3.05) is 7.05 Å². The van der Waals surface area contributed by atoms with Crippen LogP contribution in [0.4, 0.5) is 0 Å². The molecule has 2 aromatic carbocycles. The van der Waals surface area contributed by atoms with Crippen LogP contribution in [0.3, 0.4) is 0 Å². The first-order chi connectivity index (χ1) is 9.88. The topological polar surface area (TPSA) is 29.9 Å². The van der Waals surface area contributed by atoms with E-state index in [9.17, 15) is 0 Å². The van der Waals surface area contributed by atoms with Gasteiger partial charge in [0, 0.05) is 6.20 Å². The van der Waals surface area contributed by atoms with Crippen LogP contribution in [0.2, 0.25) is 0 Å². The Hall–Kier alpha value is -2.39. The molecule has 0 spiro atoms. The van der Waals surface area contributed by atoms with Gasteiger partial charge in [-0.05, 0) is 30.8 Å². The van der Waals surface area contributed by atoms with Crippen molar-refractivity contribution >= 4 is 0 Å². The van der Waals surface area contributed by atoms with Gasteiger partial charge in [0.15, 0.2) is 0 Å². The van der Waals surface area contributed by atoms with Crippen LogP contribution in [0.15, 0.2) is 72.9 Å². The summed E-state index contributed by atoms with van der Waals surface area (Å²) >= 11 is 0. The highest BCUT2D eigenvalue weighted by atomic mass is 15.3. The van der Waals surface area contributed by atoms with Gasteiger partial charge < -0.3 is 5.32 Å². The molecule has 20 heavy (non-hydrogen) atoms. The molecule has 100 valence electrons. The first kappa shape index (κ1) is 12.6. The van der Waals surface area contributed by atoms with Crippen molar-refractivity contribution in [1.82, 2.24) is 15.1 Å². The molecule has 1 aromatic heterocycles. The fourth-order valence-corrected chi connectivity index (χ4v) is 2.35. The van der Waals surface area contributed by atoms with E-state index in [1.165, 1.54) is 5.56 Å². The summed E-state index contributed by atoms with van der Waals surface area (Å²) in [5.41, 5.74) is 3.30. The third-order valence-electron chi connectivity index (χ3n) is 3.35. The molecule has 3 nitrogen and oxygen atoms in total. The van der Waals surface area contributed by atoms with Crippen LogP contribution in [0.25, 0.3) is 5.69 Å². The Morgan fingerprint density at radius 1 is 0.900 bits per heavy atom. The molecule has 0 bridgehead atoms. The van der Waals surface area contributed by atoms with E-state index in [-0.39, 0.29) is 6.04 Å². The lowest BCUT2D eigenvalue weighted by Crippen LogP contribution is -2.18. The molecule has 3 heteroatoms. The van der Waals surface area contributed by atoms with Gasteiger partial charge in [0.2, 0.25) is 0 Å². The fourth-order valence-electron chi connectivity index (χ4n) is 2.35. The van der Waals surface area contributed by atoms with Gasteiger partial charge in [-0.25, -0.2) is 4.68 Å².